The molecule has 1 unspecified atom stereocenters. The number of aryl methyl sites for hydroxylation is 3. The second-order valence-electron chi connectivity index (χ2n) is 6.12. The zero-order valence-corrected chi connectivity index (χ0v) is 17.2. The van der Waals surface area contributed by atoms with Gasteiger partial charge in [0, 0.05) is 24.5 Å². The molecule has 1 atom stereocenters. The van der Waals surface area contributed by atoms with Crippen molar-refractivity contribution in [3.63, 3.8) is 0 Å². The summed E-state index contributed by atoms with van der Waals surface area (Å²) in [5, 5.41) is 7.64. The number of nitrogens with zero attached hydrogens (tertiary/aromatic N) is 3. The Morgan fingerprint density at radius 1 is 1.33 bits per heavy atom. The Hall–Kier alpha value is -1.57. The summed E-state index contributed by atoms with van der Waals surface area (Å²) < 4.78 is 2.03. The Bertz CT molecular complexity index is 678. The third-order valence-electron chi connectivity index (χ3n) is 3.77. The molecule has 0 saturated heterocycles. The maximum Gasteiger partial charge on any atom is 0.193 e. The molecule has 2 aromatic rings. The number of halogens is 1. The molecular formula is C18H28IN5. The number of anilines is 1. The summed E-state index contributed by atoms with van der Waals surface area (Å²) in [5.74, 6) is 0.828. The molecule has 5 nitrogen and oxygen atoms in total. The summed E-state index contributed by atoms with van der Waals surface area (Å²) in [5.41, 5.74) is 10.5. The molecule has 132 valence electrons. The molecule has 2 rings (SSSR count). The Balaban J connectivity index is 0.00000288. The SMILES string of the molecule is CCc1cccc(NC(N)=NCC(C)Cn2nc(C)cc2C)c1.I. The largest absolute Gasteiger partial charge is 0.370 e. The highest BCUT2D eigenvalue weighted by Gasteiger charge is 2.07. The summed E-state index contributed by atoms with van der Waals surface area (Å²) in [4.78, 5) is 4.45. The zero-order valence-electron chi connectivity index (χ0n) is 14.9. The highest BCUT2D eigenvalue weighted by atomic mass is 127. The molecule has 0 aliphatic heterocycles. The van der Waals surface area contributed by atoms with E-state index >= 15 is 0 Å². The number of benzene rings is 1. The lowest BCUT2D eigenvalue weighted by molar-refractivity contribution is 0.450. The molecule has 6 heteroatoms. The van der Waals surface area contributed by atoms with Crippen molar-refractivity contribution >= 4 is 35.6 Å². The number of aromatic nitrogens is 2. The molecule has 0 aliphatic rings. The highest BCUT2D eigenvalue weighted by molar-refractivity contribution is 14.0. The first-order valence-electron chi connectivity index (χ1n) is 8.15. The number of nitrogens with one attached hydrogen (secondary N) is 1. The van der Waals surface area contributed by atoms with Crippen molar-refractivity contribution < 1.29 is 0 Å². The fourth-order valence-electron chi connectivity index (χ4n) is 2.52. The summed E-state index contributed by atoms with van der Waals surface area (Å²) >= 11 is 0. The minimum Gasteiger partial charge on any atom is -0.370 e. The normalized spacial score (nSPS) is 12.6. The topological polar surface area (TPSA) is 68.2 Å². The van der Waals surface area contributed by atoms with Crippen molar-refractivity contribution in [2.45, 2.75) is 40.7 Å². The van der Waals surface area contributed by atoms with Gasteiger partial charge in [0.05, 0.1) is 5.69 Å². The first-order chi connectivity index (χ1) is 11.0. The van der Waals surface area contributed by atoms with E-state index in [9.17, 15) is 0 Å². The number of aliphatic imine (C=N–C) groups is 1. The molecule has 0 saturated carbocycles. The van der Waals surface area contributed by atoms with Crippen LogP contribution >= 0.6 is 24.0 Å². The molecule has 1 aromatic heterocycles. The van der Waals surface area contributed by atoms with Crippen LogP contribution in [0.25, 0.3) is 0 Å². The Morgan fingerprint density at radius 2 is 2.08 bits per heavy atom. The van der Waals surface area contributed by atoms with Gasteiger partial charge in [0.2, 0.25) is 0 Å². The van der Waals surface area contributed by atoms with Crippen LogP contribution < -0.4 is 11.1 Å². The molecule has 0 fully saturated rings. The predicted octanol–water partition coefficient (Wildman–Crippen LogP) is 3.74. The lowest BCUT2D eigenvalue weighted by atomic mass is 10.1. The number of nitrogens with two attached hydrogens (primary N) is 1. The lowest BCUT2D eigenvalue weighted by Gasteiger charge is -2.12. The zero-order chi connectivity index (χ0) is 16.8. The van der Waals surface area contributed by atoms with Crippen molar-refractivity contribution in [2.24, 2.45) is 16.6 Å². The smallest absolute Gasteiger partial charge is 0.193 e. The molecule has 0 amide bonds. The van der Waals surface area contributed by atoms with Crippen LogP contribution in [0.15, 0.2) is 35.3 Å². The van der Waals surface area contributed by atoms with E-state index in [1.54, 1.807) is 0 Å². The number of rotatable bonds is 6. The summed E-state index contributed by atoms with van der Waals surface area (Å²) in [6, 6.07) is 10.3. The molecule has 0 radical (unpaired) electrons. The van der Waals surface area contributed by atoms with Crippen molar-refractivity contribution in [1.82, 2.24) is 9.78 Å². The average molecular weight is 441 g/mol. The Kier molecular flexibility index (Phi) is 8.24. The van der Waals surface area contributed by atoms with Gasteiger partial charge in [-0.1, -0.05) is 26.0 Å². The second-order valence-corrected chi connectivity index (χ2v) is 6.12. The van der Waals surface area contributed by atoms with Crippen LogP contribution in [-0.4, -0.2) is 22.3 Å². The number of hydrogen-bond acceptors (Lipinski definition) is 2. The maximum atomic E-state index is 5.99. The third kappa shape index (κ3) is 6.14. The summed E-state index contributed by atoms with van der Waals surface area (Å²) in [6.45, 7) is 9.90. The molecule has 0 aliphatic carbocycles. The highest BCUT2D eigenvalue weighted by Crippen LogP contribution is 2.11. The van der Waals surface area contributed by atoms with Gasteiger partial charge in [-0.2, -0.15) is 5.10 Å². The number of guanidine groups is 1. The molecule has 3 N–H and O–H groups in total. The monoisotopic (exact) mass is 441 g/mol. The number of hydrogen-bond donors (Lipinski definition) is 2. The first-order valence-corrected chi connectivity index (χ1v) is 8.15. The van der Waals surface area contributed by atoms with E-state index in [2.05, 4.69) is 54.4 Å². The van der Waals surface area contributed by atoms with E-state index in [0.717, 1.165) is 24.3 Å². The van der Waals surface area contributed by atoms with Gasteiger partial charge in [-0.15, -0.1) is 24.0 Å². The Morgan fingerprint density at radius 3 is 2.71 bits per heavy atom. The third-order valence-corrected chi connectivity index (χ3v) is 3.77. The first kappa shape index (κ1) is 20.5. The summed E-state index contributed by atoms with van der Waals surface area (Å²) in [7, 11) is 0. The van der Waals surface area contributed by atoms with Gasteiger partial charge in [0.1, 0.15) is 0 Å². The van der Waals surface area contributed by atoms with E-state index in [1.165, 1.54) is 11.3 Å². The second kappa shape index (κ2) is 9.66. The maximum absolute atomic E-state index is 5.99. The van der Waals surface area contributed by atoms with E-state index in [-0.39, 0.29) is 24.0 Å². The van der Waals surface area contributed by atoms with Gasteiger partial charge in [-0.25, -0.2) is 0 Å². The van der Waals surface area contributed by atoms with Gasteiger partial charge in [-0.05, 0) is 49.9 Å². The molecule has 0 spiro atoms. The van der Waals surface area contributed by atoms with Crippen LogP contribution in [0.2, 0.25) is 0 Å². The lowest BCUT2D eigenvalue weighted by Crippen LogP contribution is -2.24. The molecule has 1 aromatic carbocycles. The predicted molar refractivity (Wildman–Crippen MR) is 112 cm³/mol. The van der Waals surface area contributed by atoms with E-state index in [0.29, 0.717) is 18.4 Å². The molecule has 24 heavy (non-hydrogen) atoms. The quantitative estimate of drug-likeness (QED) is 0.408. The van der Waals surface area contributed by atoms with E-state index in [4.69, 9.17) is 5.73 Å². The van der Waals surface area contributed by atoms with Crippen molar-refractivity contribution in [3.8, 4) is 0 Å². The molecule has 0 bridgehead atoms. The van der Waals surface area contributed by atoms with Crippen LogP contribution in [-0.2, 0) is 13.0 Å². The van der Waals surface area contributed by atoms with Gasteiger partial charge in [0.25, 0.3) is 0 Å². The molecule has 1 heterocycles. The van der Waals surface area contributed by atoms with Crippen molar-refractivity contribution in [3.05, 3.63) is 47.3 Å². The van der Waals surface area contributed by atoms with Gasteiger partial charge < -0.3 is 11.1 Å². The van der Waals surface area contributed by atoms with Crippen molar-refractivity contribution in [1.29, 1.82) is 0 Å². The Labute approximate surface area is 161 Å². The van der Waals surface area contributed by atoms with Crippen LogP contribution in [0.5, 0.6) is 0 Å². The van der Waals surface area contributed by atoms with Gasteiger partial charge in [-0.3, -0.25) is 9.67 Å². The minimum absolute atomic E-state index is 0. The fraction of sp³-hybridized carbons (Fsp3) is 0.444. The van der Waals surface area contributed by atoms with Crippen molar-refractivity contribution in [2.75, 3.05) is 11.9 Å². The minimum atomic E-state index is 0. The standard InChI is InChI=1S/C18H27N5.HI/c1-5-16-7-6-8-17(10-16)21-18(19)20-11-13(2)12-23-15(4)9-14(3)22-23;/h6-10,13H,5,11-12H2,1-4H3,(H3,19,20,21);1H. The van der Waals surface area contributed by atoms with Crippen LogP contribution in [0.4, 0.5) is 5.69 Å². The van der Waals surface area contributed by atoms with E-state index < -0.39 is 0 Å². The molecular weight excluding hydrogens is 413 g/mol. The van der Waals surface area contributed by atoms with Gasteiger partial charge >= 0.3 is 0 Å². The summed E-state index contributed by atoms with van der Waals surface area (Å²) in [6.07, 6.45) is 1.01. The average Bonchev–Trinajstić information content (AvgIpc) is 2.83. The van der Waals surface area contributed by atoms with Gasteiger partial charge in [0.15, 0.2) is 5.96 Å². The fourth-order valence-corrected chi connectivity index (χ4v) is 2.52. The van der Waals surface area contributed by atoms with Crippen LogP contribution in [0, 0.1) is 19.8 Å². The van der Waals surface area contributed by atoms with Crippen LogP contribution in [0.1, 0.15) is 30.8 Å². The van der Waals surface area contributed by atoms with E-state index in [1.807, 2.05) is 23.7 Å². The van der Waals surface area contributed by atoms with Crippen LogP contribution in [0.3, 0.4) is 0 Å².